The van der Waals surface area contributed by atoms with Crippen LogP contribution < -0.4 is 10.6 Å². The van der Waals surface area contributed by atoms with Crippen molar-refractivity contribution in [1.82, 2.24) is 10.6 Å². The molecule has 2 rings (SSSR count). The molecule has 1 aromatic carbocycles. The van der Waals surface area contributed by atoms with E-state index in [-0.39, 0.29) is 0 Å². The topological polar surface area (TPSA) is 24.1 Å². The van der Waals surface area contributed by atoms with Crippen molar-refractivity contribution >= 4 is 17.3 Å². The second-order valence-electron chi connectivity index (χ2n) is 5.15. The van der Waals surface area contributed by atoms with E-state index in [2.05, 4.69) is 41.8 Å². The number of nitrogens with one attached hydrogen (secondary N) is 2. The molecule has 0 atom stereocenters. The van der Waals surface area contributed by atoms with Crippen molar-refractivity contribution in [3.63, 3.8) is 0 Å². The summed E-state index contributed by atoms with van der Waals surface area (Å²) in [5.41, 5.74) is 2.57. The minimum atomic E-state index is 0.580. The van der Waals surface area contributed by atoms with E-state index in [1.165, 1.54) is 43.2 Å². The van der Waals surface area contributed by atoms with Crippen molar-refractivity contribution in [3.05, 3.63) is 35.4 Å². The molecule has 1 aliphatic carbocycles. The van der Waals surface area contributed by atoms with Crippen LogP contribution >= 0.6 is 12.2 Å². The first-order valence-corrected chi connectivity index (χ1v) is 7.25. The second kappa shape index (κ2) is 6.74. The van der Waals surface area contributed by atoms with Crippen molar-refractivity contribution in [3.8, 4) is 0 Å². The van der Waals surface area contributed by atoms with Gasteiger partial charge in [0.2, 0.25) is 0 Å². The lowest BCUT2D eigenvalue weighted by atomic mass is 9.96. The third-order valence-corrected chi connectivity index (χ3v) is 3.74. The Hall–Kier alpha value is -1.09. The molecular formula is C15H22N2S. The molecule has 0 spiro atoms. The average molecular weight is 262 g/mol. The molecule has 1 aliphatic rings. The lowest BCUT2D eigenvalue weighted by Crippen LogP contribution is -2.42. The summed E-state index contributed by atoms with van der Waals surface area (Å²) in [6.07, 6.45) is 6.55. The molecule has 0 aliphatic heterocycles. The Balaban J connectivity index is 1.74. The van der Waals surface area contributed by atoms with Crippen LogP contribution in [0.15, 0.2) is 24.3 Å². The van der Waals surface area contributed by atoms with Gasteiger partial charge < -0.3 is 10.6 Å². The molecule has 98 valence electrons. The van der Waals surface area contributed by atoms with Crippen LogP contribution in [-0.2, 0) is 6.54 Å². The molecule has 2 N–H and O–H groups in total. The zero-order valence-electron chi connectivity index (χ0n) is 11.0. The highest BCUT2D eigenvalue weighted by atomic mass is 32.1. The van der Waals surface area contributed by atoms with Crippen molar-refractivity contribution in [2.45, 2.75) is 51.6 Å². The molecule has 0 bridgehead atoms. The summed E-state index contributed by atoms with van der Waals surface area (Å²) in [5, 5.41) is 7.51. The molecule has 0 unspecified atom stereocenters. The largest absolute Gasteiger partial charge is 0.360 e. The van der Waals surface area contributed by atoms with Gasteiger partial charge >= 0.3 is 0 Å². The molecule has 1 aromatic rings. The van der Waals surface area contributed by atoms with E-state index < -0.39 is 0 Å². The summed E-state index contributed by atoms with van der Waals surface area (Å²) in [7, 11) is 0. The lowest BCUT2D eigenvalue weighted by molar-refractivity contribution is 0.412. The van der Waals surface area contributed by atoms with Gasteiger partial charge in [0.15, 0.2) is 5.11 Å². The Morgan fingerprint density at radius 3 is 2.78 bits per heavy atom. The highest BCUT2D eigenvalue weighted by molar-refractivity contribution is 7.80. The minimum Gasteiger partial charge on any atom is -0.360 e. The Labute approximate surface area is 115 Å². The standard InChI is InChI=1S/C15H22N2S/c1-12-6-5-7-13(10-12)11-16-15(18)17-14-8-3-2-4-9-14/h5-7,10,14H,2-4,8-9,11H2,1H3,(H2,16,17,18). The Kier molecular flexibility index (Phi) is 5.00. The third-order valence-electron chi connectivity index (χ3n) is 3.48. The maximum absolute atomic E-state index is 5.34. The zero-order chi connectivity index (χ0) is 12.8. The lowest BCUT2D eigenvalue weighted by Gasteiger charge is -2.24. The van der Waals surface area contributed by atoms with Crippen molar-refractivity contribution in [1.29, 1.82) is 0 Å². The molecule has 0 radical (unpaired) electrons. The van der Waals surface area contributed by atoms with Crippen LogP contribution in [0.4, 0.5) is 0 Å². The molecule has 2 nitrogen and oxygen atoms in total. The predicted octanol–water partition coefficient (Wildman–Crippen LogP) is 3.29. The Bertz CT molecular complexity index is 397. The molecule has 1 saturated carbocycles. The fourth-order valence-corrected chi connectivity index (χ4v) is 2.73. The van der Waals surface area contributed by atoms with E-state index in [1.807, 2.05) is 0 Å². The summed E-state index contributed by atoms with van der Waals surface area (Å²) in [4.78, 5) is 0. The van der Waals surface area contributed by atoms with E-state index >= 15 is 0 Å². The van der Waals surface area contributed by atoms with Gasteiger partial charge in [0.1, 0.15) is 0 Å². The third kappa shape index (κ3) is 4.30. The smallest absolute Gasteiger partial charge is 0.166 e. The zero-order valence-corrected chi connectivity index (χ0v) is 11.9. The number of hydrogen-bond donors (Lipinski definition) is 2. The highest BCUT2D eigenvalue weighted by Gasteiger charge is 2.13. The van der Waals surface area contributed by atoms with Gasteiger partial charge in [0, 0.05) is 12.6 Å². The van der Waals surface area contributed by atoms with E-state index in [9.17, 15) is 0 Å². The number of hydrogen-bond acceptors (Lipinski definition) is 1. The Morgan fingerprint density at radius 1 is 1.28 bits per heavy atom. The van der Waals surface area contributed by atoms with Gasteiger partial charge in [-0.2, -0.15) is 0 Å². The fourth-order valence-electron chi connectivity index (χ4n) is 2.49. The van der Waals surface area contributed by atoms with Crippen LogP contribution in [0, 0.1) is 6.92 Å². The van der Waals surface area contributed by atoms with Crippen LogP contribution in [0.3, 0.4) is 0 Å². The van der Waals surface area contributed by atoms with Gasteiger partial charge in [0.25, 0.3) is 0 Å². The van der Waals surface area contributed by atoms with Gasteiger partial charge in [-0.1, -0.05) is 49.1 Å². The quantitative estimate of drug-likeness (QED) is 0.817. The summed E-state index contributed by atoms with van der Waals surface area (Å²) in [6, 6.07) is 9.10. The van der Waals surface area contributed by atoms with Crippen LogP contribution in [0.25, 0.3) is 0 Å². The molecule has 0 saturated heterocycles. The first-order chi connectivity index (χ1) is 8.74. The second-order valence-corrected chi connectivity index (χ2v) is 5.56. The normalized spacial score (nSPS) is 16.3. The summed E-state index contributed by atoms with van der Waals surface area (Å²) < 4.78 is 0. The molecule has 18 heavy (non-hydrogen) atoms. The maximum Gasteiger partial charge on any atom is 0.166 e. The number of benzene rings is 1. The fraction of sp³-hybridized carbons (Fsp3) is 0.533. The monoisotopic (exact) mass is 262 g/mol. The van der Waals surface area contributed by atoms with Gasteiger partial charge in [-0.05, 0) is 37.5 Å². The molecule has 0 amide bonds. The van der Waals surface area contributed by atoms with Crippen LogP contribution in [-0.4, -0.2) is 11.2 Å². The molecule has 3 heteroatoms. The summed E-state index contributed by atoms with van der Waals surface area (Å²) in [5.74, 6) is 0. The first kappa shape index (κ1) is 13.3. The van der Waals surface area contributed by atoms with Crippen molar-refractivity contribution in [2.24, 2.45) is 0 Å². The van der Waals surface area contributed by atoms with Crippen LogP contribution in [0.5, 0.6) is 0 Å². The van der Waals surface area contributed by atoms with Gasteiger partial charge in [-0.15, -0.1) is 0 Å². The van der Waals surface area contributed by atoms with E-state index in [0.29, 0.717) is 6.04 Å². The van der Waals surface area contributed by atoms with E-state index in [4.69, 9.17) is 12.2 Å². The van der Waals surface area contributed by atoms with Crippen LogP contribution in [0.2, 0.25) is 0 Å². The summed E-state index contributed by atoms with van der Waals surface area (Å²) >= 11 is 5.34. The SMILES string of the molecule is Cc1cccc(CNC(=S)NC2CCCCC2)c1. The van der Waals surface area contributed by atoms with Crippen molar-refractivity contribution in [2.75, 3.05) is 0 Å². The van der Waals surface area contributed by atoms with Gasteiger partial charge in [-0.3, -0.25) is 0 Å². The van der Waals surface area contributed by atoms with Gasteiger partial charge in [0.05, 0.1) is 0 Å². The van der Waals surface area contributed by atoms with Crippen molar-refractivity contribution < 1.29 is 0 Å². The minimum absolute atomic E-state index is 0.580. The maximum atomic E-state index is 5.34. The molecule has 0 aromatic heterocycles. The summed E-state index contributed by atoms with van der Waals surface area (Å²) in [6.45, 7) is 2.92. The van der Waals surface area contributed by atoms with E-state index in [1.54, 1.807) is 0 Å². The number of rotatable bonds is 3. The van der Waals surface area contributed by atoms with E-state index in [0.717, 1.165) is 11.7 Å². The van der Waals surface area contributed by atoms with Gasteiger partial charge in [-0.25, -0.2) is 0 Å². The predicted molar refractivity (Wildman–Crippen MR) is 80.6 cm³/mol. The highest BCUT2D eigenvalue weighted by Crippen LogP contribution is 2.17. The average Bonchev–Trinajstić information content (AvgIpc) is 2.38. The molecule has 1 fully saturated rings. The number of thiocarbonyl (C=S) groups is 1. The molecule has 0 heterocycles. The number of aryl methyl sites for hydroxylation is 1. The van der Waals surface area contributed by atoms with Crippen LogP contribution in [0.1, 0.15) is 43.2 Å². The first-order valence-electron chi connectivity index (χ1n) is 6.84. The molecular weight excluding hydrogens is 240 g/mol. The Morgan fingerprint density at radius 2 is 2.06 bits per heavy atom.